The zero-order valence-corrected chi connectivity index (χ0v) is 9.09. The van der Waals surface area contributed by atoms with Crippen molar-refractivity contribution in [2.24, 2.45) is 0 Å². The molecule has 1 aliphatic rings. The Hall–Kier alpha value is -0.450. The smallest absolute Gasteiger partial charge is 0.0982 e. The third-order valence-corrected chi connectivity index (χ3v) is 3.53. The first-order valence-electron chi connectivity index (χ1n) is 4.96. The maximum Gasteiger partial charge on any atom is 0.0982 e. The molecule has 0 amide bonds. The number of ether oxygens (including phenoxy) is 1. The maximum absolute atomic E-state index is 9.23. The number of nitrogens with zero attached hydrogens (tertiary/aromatic N) is 1. The first kappa shape index (κ1) is 10.1. The molecule has 1 aromatic heterocycles. The third kappa shape index (κ3) is 2.32. The maximum atomic E-state index is 9.23. The lowest BCUT2D eigenvalue weighted by molar-refractivity contribution is 0.194. The van der Waals surface area contributed by atoms with Crippen LogP contribution in [0.5, 0.6) is 0 Å². The van der Waals surface area contributed by atoms with Crippen molar-refractivity contribution in [3.63, 3.8) is 0 Å². The second-order valence-corrected chi connectivity index (χ2v) is 4.93. The van der Waals surface area contributed by atoms with Crippen LogP contribution in [-0.2, 0) is 11.2 Å². The summed E-state index contributed by atoms with van der Waals surface area (Å²) in [7, 11) is 0. The lowest BCUT2D eigenvalue weighted by Gasteiger charge is -2.01. The van der Waals surface area contributed by atoms with E-state index < -0.39 is 0 Å². The second-order valence-electron chi connectivity index (χ2n) is 3.78. The van der Waals surface area contributed by atoms with E-state index in [2.05, 4.69) is 4.98 Å². The Morgan fingerprint density at radius 3 is 3.29 bits per heavy atom. The van der Waals surface area contributed by atoms with E-state index >= 15 is 0 Å². The van der Waals surface area contributed by atoms with Gasteiger partial charge >= 0.3 is 0 Å². The fourth-order valence-electron chi connectivity index (χ4n) is 1.63. The lowest BCUT2D eigenvalue weighted by atomic mass is 10.1. The van der Waals surface area contributed by atoms with Crippen molar-refractivity contribution in [1.29, 1.82) is 0 Å². The molecule has 0 aliphatic carbocycles. The number of hydrogen-bond acceptors (Lipinski definition) is 4. The highest BCUT2D eigenvalue weighted by Crippen LogP contribution is 2.29. The van der Waals surface area contributed by atoms with Crippen LogP contribution in [0.2, 0.25) is 0 Å². The highest BCUT2D eigenvalue weighted by molar-refractivity contribution is 7.11. The van der Waals surface area contributed by atoms with E-state index in [1.807, 2.05) is 6.20 Å². The summed E-state index contributed by atoms with van der Waals surface area (Å²) in [5.74, 6) is 0.489. The average molecular weight is 213 g/mol. The average Bonchev–Trinajstić information content (AvgIpc) is 2.69. The molecular formula is C10H15NO2S. The number of rotatable bonds is 3. The zero-order chi connectivity index (χ0) is 9.97. The molecule has 4 heteroatoms. The van der Waals surface area contributed by atoms with Crippen LogP contribution in [0.1, 0.15) is 29.1 Å². The summed E-state index contributed by atoms with van der Waals surface area (Å²) in [4.78, 5) is 5.55. The minimum absolute atomic E-state index is 0.275. The highest BCUT2D eigenvalue weighted by Gasteiger charge is 2.20. The summed E-state index contributed by atoms with van der Waals surface area (Å²) in [6, 6.07) is 0. The molecule has 1 aliphatic heterocycles. The summed E-state index contributed by atoms with van der Waals surface area (Å²) in [6.07, 6.45) is 3.40. The van der Waals surface area contributed by atoms with Gasteiger partial charge in [0.25, 0.3) is 0 Å². The zero-order valence-electron chi connectivity index (χ0n) is 8.27. The number of aliphatic hydroxyl groups is 1. The van der Waals surface area contributed by atoms with Gasteiger partial charge in [-0.3, -0.25) is 0 Å². The Labute approximate surface area is 87.7 Å². The second kappa shape index (κ2) is 4.38. The van der Waals surface area contributed by atoms with Crippen molar-refractivity contribution < 1.29 is 9.84 Å². The van der Waals surface area contributed by atoms with E-state index in [-0.39, 0.29) is 6.10 Å². The van der Waals surface area contributed by atoms with Crippen LogP contribution in [0, 0.1) is 0 Å². The van der Waals surface area contributed by atoms with Gasteiger partial charge in [-0.15, -0.1) is 11.3 Å². The SMILES string of the molecule is CC(O)Cc1cnc(C2CCOC2)s1. The van der Waals surface area contributed by atoms with Gasteiger partial charge in [-0.2, -0.15) is 0 Å². The summed E-state index contributed by atoms with van der Waals surface area (Å²) in [5, 5.41) is 10.4. The van der Waals surface area contributed by atoms with Crippen molar-refractivity contribution >= 4 is 11.3 Å². The highest BCUT2D eigenvalue weighted by atomic mass is 32.1. The van der Waals surface area contributed by atoms with E-state index in [9.17, 15) is 5.11 Å². The number of aromatic nitrogens is 1. The molecule has 0 saturated carbocycles. The first-order valence-corrected chi connectivity index (χ1v) is 5.78. The van der Waals surface area contributed by atoms with E-state index in [1.165, 1.54) is 4.88 Å². The van der Waals surface area contributed by atoms with Crippen molar-refractivity contribution in [2.45, 2.75) is 31.8 Å². The van der Waals surface area contributed by atoms with Gasteiger partial charge < -0.3 is 9.84 Å². The molecule has 0 radical (unpaired) electrons. The fraction of sp³-hybridized carbons (Fsp3) is 0.700. The molecular weight excluding hydrogens is 198 g/mol. The Kier molecular flexibility index (Phi) is 3.15. The molecule has 0 spiro atoms. The van der Waals surface area contributed by atoms with Gasteiger partial charge in [0.05, 0.1) is 17.7 Å². The van der Waals surface area contributed by atoms with Crippen molar-refractivity contribution in [2.75, 3.05) is 13.2 Å². The summed E-state index contributed by atoms with van der Waals surface area (Å²) >= 11 is 1.71. The van der Waals surface area contributed by atoms with Gasteiger partial charge in [-0.05, 0) is 13.3 Å². The van der Waals surface area contributed by atoms with Crippen LogP contribution in [0.4, 0.5) is 0 Å². The van der Waals surface area contributed by atoms with Crippen LogP contribution in [0.25, 0.3) is 0 Å². The molecule has 0 aromatic carbocycles. The molecule has 3 nitrogen and oxygen atoms in total. The van der Waals surface area contributed by atoms with Crippen LogP contribution >= 0.6 is 11.3 Å². The van der Waals surface area contributed by atoms with E-state index in [1.54, 1.807) is 18.3 Å². The Morgan fingerprint density at radius 1 is 1.79 bits per heavy atom. The summed E-state index contributed by atoms with van der Waals surface area (Å²) in [6.45, 7) is 3.47. The number of hydrogen-bond donors (Lipinski definition) is 1. The van der Waals surface area contributed by atoms with Gasteiger partial charge in [-0.1, -0.05) is 0 Å². The Bertz CT molecular complexity index is 292. The van der Waals surface area contributed by atoms with Crippen LogP contribution in [0.3, 0.4) is 0 Å². The third-order valence-electron chi connectivity index (χ3n) is 2.35. The standard InChI is InChI=1S/C10H15NO2S/c1-7(12)4-9-5-11-10(14-9)8-2-3-13-6-8/h5,7-8,12H,2-4,6H2,1H3. The summed E-state index contributed by atoms with van der Waals surface area (Å²) in [5.41, 5.74) is 0. The largest absolute Gasteiger partial charge is 0.393 e. The molecule has 2 heterocycles. The minimum atomic E-state index is -0.275. The molecule has 2 unspecified atom stereocenters. The lowest BCUT2D eigenvalue weighted by Crippen LogP contribution is -2.01. The number of thiazole rings is 1. The van der Waals surface area contributed by atoms with Crippen LogP contribution in [-0.4, -0.2) is 29.4 Å². The number of aliphatic hydroxyl groups excluding tert-OH is 1. The van der Waals surface area contributed by atoms with E-state index in [4.69, 9.17) is 4.74 Å². The van der Waals surface area contributed by atoms with Crippen molar-refractivity contribution in [3.8, 4) is 0 Å². The molecule has 1 fully saturated rings. The molecule has 1 N–H and O–H groups in total. The molecule has 1 aromatic rings. The van der Waals surface area contributed by atoms with Crippen LogP contribution < -0.4 is 0 Å². The molecule has 0 bridgehead atoms. The normalized spacial score (nSPS) is 24.0. The van der Waals surface area contributed by atoms with Gasteiger partial charge in [0.15, 0.2) is 0 Å². The molecule has 1 saturated heterocycles. The summed E-state index contributed by atoms with van der Waals surface area (Å²) < 4.78 is 5.32. The fourth-order valence-corrected chi connectivity index (χ4v) is 2.78. The monoisotopic (exact) mass is 213 g/mol. The molecule has 14 heavy (non-hydrogen) atoms. The quantitative estimate of drug-likeness (QED) is 0.828. The minimum Gasteiger partial charge on any atom is -0.393 e. The Balaban J connectivity index is 2.01. The van der Waals surface area contributed by atoms with E-state index in [0.717, 1.165) is 24.6 Å². The van der Waals surface area contributed by atoms with Crippen LogP contribution in [0.15, 0.2) is 6.20 Å². The van der Waals surface area contributed by atoms with Gasteiger partial charge in [0, 0.05) is 30.0 Å². The van der Waals surface area contributed by atoms with Gasteiger partial charge in [0.2, 0.25) is 0 Å². The molecule has 78 valence electrons. The van der Waals surface area contributed by atoms with Gasteiger partial charge in [0.1, 0.15) is 0 Å². The van der Waals surface area contributed by atoms with Crippen molar-refractivity contribution in [1.82, 2.24) is 4.98 Å². The first-order chi connectivity index (χ1) is 6.75. The topological polar surface area (TPSA) is 42.4 Å². The molecule has 2 rings (SSSR count). The predicted octanol–water partition coefficient (Wildman–Crippen LogP) is 1.57. The van der Waals surface area contributed by atoms with E-state index in [0.29, 0.717) is 12.3 Å². The predicted molar refractivity (Wildman–Crippen MR) is 55.7 cm³/mol. The van der Waals surface area contributed by atoms with Gasteiger partial charge in [-0.25, -0.2) is 4.98 Å². The molecule has 2 atom stereocenters. The Morgan fingerprint density at radius 2 is 2.64 bits per heavy atom. The van der Waals surface area contributed by atoms with Crippen molar-refractivity contribution in [3.05, 3.63) is 16.1 Å².